The first-order valence-corrected chi connectivity index (χ1v) is 17.1. The third-order valence-corrected chi connectivity index (χ3v) is 9.20. The monoisotopic (exact) mass is 665 g/mol. The number of ether oxygens (including phenoxy) is 1. The molecule has 6 aromatic rings. The van der Waals surface area contributed by atoms with E-state index in [9.17, 15) is 4.79 Å². The number of fused-ring (bicyclic) bond motifs is 2. The number of aromatic nitrogens is 4. The zero-order chi connectivity index (χ0) is 33.6. The van der Waals surface area contributed by atoms with Gasteiger partial charge in [-0.05, 0) is 65.9 Å². The van der Waals surface area contributed by atoms with Gasteiger partial charge in [0, 0.05) is 37.1 Å². The Bertz CT molecular complexity index is 2040. The number of rotatable bonds is 14. The maximum absolute atomic E-state index is 13.0. The molecule has 2 heterocycles. The van der Waals surface area contributed by atoms with E-state index in [1.54, 1.807) is 6.07 Å². The normalized spacial score (nSPS) is 11.6. The van der Waals surface area contributed by atoms with Crippen LogP contribution in [0.2, 0.25) is 0 Å². The lowest BCUT2D eigenvalue weighted by atomic mass is 9.98. The highest BCUT2D eigenvalue weighted by atomic mass is 32.2. The molecule has 0 saturated heterocycles. The summed E-state index contributed by atoms with van der Waals surface area (Å²) in [6.07, 6.45) is 1.87. The highest BCUT2D eigenvalue weighted by Crippen LogP contribution is 2.31. The Morgan fingerprint density at radius 3 is 2.42 bits per heavy atom. The Morgan fingerprint density at radius 1 is 0.896 bits per heavy atom. The van der Waals surface area contributed by atoms with Gasteiger partial charge in [0.15, 0.2) is 0 Å². The van der Waals surface area contributed by atoms with E-state index in [-0.39, 0.29) is 24.6 Å². The summed E-state index contributed by atoms with van der Waals surface area (Å²) in [4.78, 5) is 27.6. The lowest BCUT2D eigenvalue weighted by Gasteiger charge is -2.13. The summed E-state index contributed by atoms with van der Waals surface area (Å²) in [5, 5.41) is 16.8. The molecule has 0 fully saturated rings. The van der Waals surface area contributed by atoms with E-state index < -0.39 is 0 Å². The zero-order valence-electron chi connectivity index (χ0n) is 27.3. The third kappa shape index (κ3) is 7.30. The molecule has 48 heavy (non-hydrogen) atoms. The van der Waals surface area contributed by atoms with Crippen LogP contribution in [0.25, 0.3) is 44.6 Å². The van der Waals surface area contributed by atoms with Crippen LogP contribution < -0.4 is 0 Å². The third-order valence-electron chi connectivity index (χ3n) is 8.29. The summed E-state index contributed by atoms with van der Waals surface area (Å²) in [5.74, 6) is 2.69. The molecule has 0 aliphatic rings. The van der Waals surface area contributed by atoms with Crippen LogP contribution in [0.15, 0.2) is 84.9 Å². The van der Waals surface area contributed by atoms with Crippen molar-refractivity contribution in [1.82, 2.24) is 24.5 Å². The molecular formula is C37H39N5O5S. The molecule has 0 saturated carbocycles. The van der Waals surface area contributed by atoms with E-state index in [0.29, 0.717) is 23.6 Å². The Hall–Kier alpha value is -4.52. The summed E-state index contributed by atoms with van der Waals surface area (Å²) in [6.45, 7) is 5.32. The van der Waals surface area contributed by atoms with Gasteiger partial charge >= 0.3 is 5.97 Å². The van der Waals surface area contributed by atoms with E-state index in [1.165, 1.54) is 11.8 Å². The lowest BCUT2D eigenvalue weighted by Crippen LogP contribution is -2.16. The van der Waals surface area contributed by atoms with E-state index in [2.05, 4.69) is 77.3 Å². The summed E-state index contributed by atoms with van der Waals surface area (Å²) in [5.41, 5.74) is 9.74. The standard InChI is InChI=1S/C37H39N5O5S/c1-4-9-34-39-35-25(2)22-28(36-38-31-12-7-8-13-32(31)40(36)3)23-33(35)41(34)24-26-14-16-27(17-15-26)29-10-5-6-11-30(29)37(43)46-18-20-48-21-19-47-42(44)45/h5-8,10-17,22-23,44-45H,4,9,18-21,24H2,1-3H3. The van der Waals surface area contributed by atoms with E-state index >= 15 is 0 Å². The molecule has 2 aromatic heterocycles. The topological polar surface area (TPSA) is 115 Å². The van der Waals surface area contributed by atoms with Crippen LogP contribution in [0.5, 0.6) is 0 Å². The van der Waals surface area contributed by atoms with Crippen molar-refractivity contribution in [2.45, 2.75) is 33.2 Å². The van der Waals surface area contributed by atoms with Crippen LogP contribution in [0, 0.1) is 6.92 Å². The van der Waals surface area contributed by atoms with E-state index in [4.69, 9.17) is 25.1 Å². The molecule has 0 aliphatic carbocycles. The number of hydrogen-bond donors (Lipinski definition) is 2. The maximum Gasteiger partial charge on any atom is 0.338 e. The predicted molar refractivity (Wildman–Crippen MR) is 188 cm³/mol. The molecule has 6 rings (SSSR count). The summed E-state index contributed by atoms with van der Waals surface area (Å²) in [6, 6.07) is 28.4. The second kappa shape index (κ2) is 15.1. The summed E-state index contributed by atoms with van der Waals surface area (Å²) < 4.78 is 10.0. The number of carbonyl (C=O) groups excluding carboxylic acids is 1. The number of thioether (sulfide) groups is 1. The maximum atomic E-state index is 13.0. The molecular weight excluding hydrogens is 627 g/mol. The molecule has 10 nitrogen and oxygen atoms in total. The molecule has 248 valence electrons. The number of nitrogens with zero attached hydrogens (tertiary/aromatic N) is 5. The zero-order valence-corrected chi connectivity index (χ0v) is 28.1. The van der Waals surface area contributed by atoms with E-state index in [0.717, 1.165) is 74.4 Å². The average Bonchev–Trinajstić information content (AvgIpc) is 3.61. The van der Waals surface area contributed by atoms with Gasteiger partial charge in [-0.2, -0.15) is 11.8 Å². The summed E-state index contributed by atoms with van der Waals surface area (Å²) in [7, 11) is 2.06. The molecule has 0 amide bonds. The van der Waals surface area contributed by atoms with Gasteiger partial charge in [0.1, 0.15) is 18.3 Å². The second-order valence-electron chi connectivity index (χ2n) is 11.6. The van der Waals surface area contributed by atoms with Crippen molar-refractivity contribution < 1.29 is 24.8 Å². The van der Waals surface area contributed by atoms with Crippen LogP contribution in [0.4, 0.5) is 0 Å². The largest absolute Gasteiger partial charge is 0.461 e. The first kappa shape index (κ1) is 33.4. The summed E-state index contributed by atoms with van der Waals surface area (Å²) >= 11 is 1.48. The van der Waals surface area contributed by atoms with Gasteiger partial charge in [0.2, 0.25) is 0 Å². The number of para-hydroxylation sites is 2. The molecule has 0 atom stereocenters. The van der Waals surface area contributed by atoms with Crippen molar-refractivity contribution in [2.24, 2.45) is 7.05 Å². The number of aryl methyl sites for hydroxylation is 3. The Kier molecular flexibility index (Phi) is 10.5. The van der Waals surface area contributed by atoms with Crippen LogP contribution in [0.1, 0.15) is 40.7 Å². The first-order chi connectivity index (χ1) is 23.3. The Labute approximate surface area is 283 Å². The smallest absolute Gasteiger partial charge is 0.338 e. The van der Waals surface area contributed by atoms with Crippen molar-refractivity contribution in [3.05, 3.63) is 107 Å². The molecule has 0 unspecified atom stereocenters. The second-order valence-corrected chi connectivity index (χ2v) is 12.8. The molecule has 2 N–H and O–H groups in total. The fourth-order valence-corrected chi connectivity index (χ4v) is 6.60. The molecule has 0 radical (unpaired) electrons. The number of esters is 1. The number of hydrogen-bond acceptors (Lipinski definition) is 9. The van der Waals surface area contributed by atoms with Gasteiger partial charge in [-0.25, -0.2) is 19.6 Å². The van der Waals surface area contributed by atoms with Gasteiger partial charge < -0.3 is 13.9 Å². The van der Waals surface area contributed by atoms with Gasteiger partial charge in [-0.15, -0.1) is 0 Å². The number of carbonyl (C=O) groups is 1. The van der Waals surface area contributed by atoms with Crippen LogP contribution in [-0.4, -0.2) is 65.6 Å². The first-order valence-electron chi connectivity index (χ1n) is 16.0. The van der Waals surface area contributed by atoms with Crippen LogP contribution in [-0.2, 0) is 29.6 Å². The lowest BCUT2D eigenvalue weighted by molar-refractivity contribution is -0.490. The minimum atomic E-state index is -0.385. The van der Waals surface area contributed by atoms with Gasteiger partial charge in [-0.1, -0.05) is 61.5 Å². The fourth-order valence-electron chi connectivity index (χ4n) is 6.00. The van der Waals surface area contributed by atoms with Crippen molar-refractivity contribution in [3.63, 3.8) is 0 Å². The van der Waals surface area contributed by atoms with Crippen molar-refractivity contribution >= 4 is 39.8 Å². The SMILES string of the molecule is CCCc1nc2c(C)cc(-c3nc4ccccc4n3C)cc2n1Cc1ccc(-c2ccccc2C(=O)OCCSCCON(O)O)cc1. The molecule has 0 spiro atoms. The molecule has 11 heteroatoms. The minimum absolute atomic E-state index is 0.130. The van der Waals surface area contributed by atoms with Gasteiger partial charge in [-0.3, -0.25) is 10.4 Å². The quantitative estimate of drug-likeness (QED) is 0.0695. The molecule has 0 aliphatic heterocycles. The fraction of sp³-hybridized carbons (Fsp3) is 0.270. The van der Waals surface area contributed by atoms with Gasteiger partial charge in [0.05, 0.1) is 39.6 Å². The highest BCUT2D eigenvalue weighted by molar-refractivity contribution is 7.99. The van der Waals surface area contributed by atoms with Gasteiger partial charge in [0.25, 0.3) is 0 Å². The van der Waals surface area contributed by atoms with Crippen LogP contribution in [0.3, 0.4) is 0 Å². The van der Waals surface area contributed by atoms with Crippen molar-refractivity contribution in [3.8, 4) is 22.5 Å². The van der Waals surface area contributed by atoms with Crippen molar-refractivity contribution in [2.75, 3.05) is 24.7 Å². The predicted octanol–water partition coefficient (Wildman–Crippen LogP) is 7.47. The Balaban J connectivity index is 1.22. The van der Waals surface area contributed by atoms with Crippen molar-refractivity contribution in [1.29, 1.82) is 0 Å². The van der Waals surface area contributed by atoms with Crippen LogP contribution >= 0.6 is 11.8 Å². The number of imidazole rings is 2. The number of benzene rings is 4. The van der Waals surface area contributed by atoms with E-state index in [1.807, 2.05) is 36.4 Å². The Morgan fingerprint density at radius 2 is 1.65 bits per heavy atom. The minimum Gasteiger partial charge on any atom is -0.461 e. The molecule has 0 bridgehead atoms. The average molecular weight is 666 g/mol. The highest BCUT2D eigenvalue weighted by Gasteiger charge is 2.18. The molecule has 4 aromatic carbocycles.